The van der Waals surface area contributed by atoms with Gasteiger partial charge in [-0.2, -0.15) is 0 Å². The lowest BCUT2D eigenvalue weighted by Crippen LogP contribution is -1.94. The van der Waals surface area contributed by atoms with Crippen LogP contribution in [0.3, 0.4) is 0 Å². The van der Waals surface area contributed by atoms with Gasteiger partial charge in [-0.25, -0.2) is 0 Å². The zero-order valence-electron chi connectivity index (χ0n) is 10.2. The van der Waals surface area contributed by atoms with Crippen LogP contribution in [-0.4, -0.2) is 16.1 Å². The maximum atomic E-state index is 8.64. The van der Waals surface area contributed by atoms with E-state index in [1.807, 2.05) is 45.0 Å². The smallest absolute Gasteiger partial charge is 0.0380 e. The Morgan fingerprint density at radius 2 is 1.75 bits per heavy atom. The van der Waals surface area contributed by atoms with Crippen molar-refractivity contribution in [2.45, 2.75) is 44.6 Å². The molecule has 3 nitrogen and oxygen atoms in total. The first-order valence-corrected chi connectivity index (χ1v) is 6.14. The fraction of sp³-hybridized carbons (Fsp3) is 0.500. The van der Waals surface area contributed by atoms with Crippen LogP contribution in [0.1, 0.15) is 33.7 Å². The highest BCUT2D eigenvalue weighted by Crippen LogP contribution is 2.17. The lowest BCUT2D eigenvalue weighted by molar-refractivity contribution is 0.663. The summed E-state index contributed by atoms with van der Waals surface area (Å²) in [6.45, 7) is 5.97. The molecule has 0 heterocycles. The minimum atomic E-state index is 0. The number of hydrogen-bond acceptors (Lipinski definition) is 3. The van der Waals surface area contributed by atoms with Crippen molar-refractivity contribution >= 4 is 12.0 Å². The van der Waals surface area contributed by atoms with E-state index >= 15 is 0 Å². The molecule has 1 fully saturated rings. The van der Waals surface area contributed by atoms with Gasteiger partial charge in [0.2, 0.25) is 0 Å². The summed E-state index contributed by atoms with van der Waals surface area (Å²) in [5.74, 6) is 0. The highest BCUT2D eigenvalue weighted by molar-refractivity contribution is 7.93. The first-order chi connectivity index (χ1) is 7.24. The molecule has 0 spiro atoms. The molecular formula is C12H25NO2S. The van der Waals surface area contributed by atoms with Crippen LogP contribution in [-0.2, 0) is 0 Å². The fourth-order valence-electron chi connectivity index (χ4n) is 0.755. The van der Waals surface area contributed by atoms with E-state index in [9.17, 15) is 0 Å². The van der Waals surface area contributed by atoms with E-state index in [0.29, 0.717) is 6.04 Å². The van der Waals surface area contributed by atoms with E-state index in [4.69, 9.17) is 10.3 Å². The minimum absolute atomic E-state index is 0. The molecule has 0 saturated heterocycles. The summed E-state index contributed by atoms with van der Waals surface area (Å²) in [5, 5.41) is 0. The molecule has 96 valence electrons. The molecule has 1 aromatic rings. The van der Waals surface area contributed by atoms with Gasteiger partial charge in [0, 0.05) is 24.4 Å². The van der Waals surface area contributed by atoms with Crippen LogP contribution in [0.4, 0.5) is 0 Å². The van der Waals surface area contributed by atoms with Gasteiger partial charge in [0.05, 0.1) is 0 Å². The molecule has 1 saturated carbocycles. The number of rotatable bonds is 1. The average Bonchev–Trinajstić information content (AvgIpc) is 3.05. The van der Waals surface area contributed by atoms with E-state index in [1.165, 1.54) is 12.8 Å². The van der Waals surface area contributed by atoms with Crippen LogP contribution in [0.15, 0.2) is 29.2 Å². The second-order valence-electron chi connectivity index (χ2n) is 3.19. The SMILES string of the molecule is CC.Cc1ccccc1SO.NC1CC1.O.[HH]. The Morgan fingerprint density at radius 1 is 1.31 bits per heavy atom. The maximum absolute atomic E-state index is 8.64. The van der Waals surface area contributed by atoms with Crippen LogP contribution in [0.25, 0.3) is 0 Å². The topological polar surface area (TPSA) is 77.8 Å². The molecule has 1 aromatic carbocycles. The molecule has 0 amide bonds. The van der Waals surface area contributed by atoms with Crippen molar-refractivity contribution in [2.24, 2.45) is 5.73 Å². The third-order valence-electron chi connectivity index (χ3n) is 1.81. The van der Waals surface area contributed by atoms with E-state index < -0.39 is 0 Å². The molecule has 2 rings (SSSR count). The standard InChI is InChI=1S/C7H8OS.C3H7N.C2H6.H2O.H2/c1-6-4-2-3-5-7(6)9-8;4-3-1-2-3;1-2;;/h2-5,8H,1H3;3H,1-2,4H2;1-2H3;1H2;1H. The van der Waals surface area contributed by atoms with Crippen molar-refractivity contribution in [2.75, 3.05) is 0 Å². The molecule has 0 atom stereocenters. The summed E-state index contributed by atoms with van der Waals surface area (Å²) in [5.41, 5.74) is 6.34. The zero-order valence-corrected chi connectivity index (χ0v) is 11.1. The summed E-state index contributed by atoms with van der Waals surface area (Å²) >= 11 is 0.795. The van der Waals surface area contributed by atoms with Gasteiger partial charge in [-0.1, -0.05) is 32.0 Å². The van der Waals surface area contributed by atoms with Gasteiger partial charge in [0.15, 0.2) is 0 Å². The second kappa shape index (κ2) is 11.0. The van der Waals surface area contributed by atoms with Crippen LogP contribution in [0, 0.1) is 6.92 Å². The number of benzene rings is 1. The molecule has 0 aromatic heterocycles. The van der Waals surface area contributed by atoms with Crippen molar-refractivity contribution in [1.29, 1.82) is 0 Å². The third kappa shape index (κ3) is 8.73. The van der Waals surface area contributed by atoms with Crippen LogP contribution in [0.5, 0.6) is 0 Å². The molecule has 0 bridgehead atoms. The summed E-state index contributed by atoms with van der Waals surface area (Å²) in [6.07, 6.45) is 2.53. The van der Waals surface area contributed by atoms with Crippen molar-refractivity contribution in [3.05, 3.63) is 29.8 Å². The Labute approximate surface area is 104 Å². The highest BCUT2D eigenvalue weighted by Gasteiger charge is 2.13. The predicted molar refractivity (Wildman–Crippen MR) is 74.0 cm³/mol. The Hall–Kier alpha value is -0.550. The summed E-state index contributed by atoms with van der Waals surface area (Å²) in [4.78, 5) is 0.928. The van der Waals surface area contributed by atoms with Crippen molar-refractivity contribution < 1.29 is 11.5 Å². The van der Waals surface area contributed by atoms with Gasteiger partial charge in [-0.15, -0.1) is 0 Å². The van der Waals surface area contributed by atoms with Gasteiger partial charge < -0.3 is 15.8 Å². The largest absolute Gasteiger partial charge is 0.412 e. The summed E-state index contributed by atoms with van der Waals surface area (Å²) in [6, 6.07) is 8.30. The van der Waals surface area contributed by atoms with Crippen molar-refractivity contribution in [3.8, 4) is 0 Å². The number of nitrogens with two attached hydrogens (primary N) is 1. The molecule has 4 heteroatoms. The van der Waals surface area contributed by atoms with Gasteiger partial charge in [-0.3, -0.25) is 0 Å². The van der Waals surface area contributed by atoms with E-state index in [-0.39, 0.29) is 6.90 Å². The lowest BCUT2D eigenvalue weighted by Gasteiger charge is -1.96. The molecule has 1 aliphatic rings. The van der Waals surface area contributed by atoms with E-state index in [1.54, 1.807) is 0 Å². The van der Waals surface area contributed by atoms with Gasteiger partial charge in [0.25, 0.3) is 0 Å². The highest BCUT2D eigenvalue weighted by atomic mass is 32.2. The average molecular weight is 247 g/mol. The van der Waals surface area contributed by atoms with Crippen LogP contribution in [0.2, 0.25) is 0 Å². The quantitative estimate of drug-likeness (QED) is 0.748. The number of aryl methyl sites for hydroxylation is 1. The monoisotopic (exact) mass is 247 g/mol. The molecule has 0 aliphatic heterocycles. The van der Waals surface area contributed by atoms with E-state index in [2.05, 4.69) is 0 Å². The number of hydrogen-bond donors (Lipinski definition) is 2. The first kappa shape index (κ1) is 17.8. The fourth-order valence-corrected chi connectivity index (χ4v) is 1.11. The summed E-state index contributed by atoms with van der Waals surface area (Å²) in [7, 11) is 0. The van der Waals surface area contributed by atoms with Crippen LogP contribution >= 0.6 is 12.0 Å². The Kier molecular flexibility index (Phi) is 12.2. The first-order valence-electron chi connectivity index (χ1n) is 5.36. The Balaban J connectivity index is -0.000000210. The van der Waals surface area contributed by atoms with Gasteiger partial charge in [0.1, 0.15) is 0 Å². The van der Waals surface area contributed by atoms with Gasteiger partial charge >= 0.3 is 0 Å². The third-order valence-corrected chi connectivity index (χ3v) is 2.47. The Bertz CT molecular complexity index is 270. The lowest BCUT2D eigenvalue weighted by atomic mass is 10.2. The predicted octanol–water partition coefficient (Wildman–Crippen LogP) is 3.12. The Morgan fingerprint density at radius 3 is 2.00 bits per heavy atom. The molecule has 16 heavy (non-hydrogen) atoms. The molecule has 5 N–H and O–H groups in total. The van der Waals surface area contributed by atoms with Gasteiger partial charge in [-0.05, 0) is 31.4 Å². The molecule has 0 unspecified atom stereocenters. The minimum Gasteiger partial charge on any atom is -0.412 e. The maximum Gasteiger partial charge on any atom is 0.0380 e. The normalized spacial score (nSPS) is 12.3. The van der Waals surface area contributed by atoms with Crippen LogP contribution < -0.4 is 5.73 Å². The van der Waals surface area contributed by atoms with Crippen molar-refractivity contribution in [1.82, 2.24) is 0 Å². The zero-order chi connectivity index (χ0) is 11.7. The molecule has 1 aliphatic carbocycles. The summed E-state index contributed by atoms with van der Waals surface area (Å²) < 4.78 is 8.64. The molecular weight excluding hydrogens is 222 g/mol. The second-order valence-corrected chi connectivity index (χ2v) is 3.82. The molecule has 0 radical (unpaired) electrons. The van der Waals surface area contributed by atoms with Crippen molar-refractivity contribution in [3.63, 3.8) is 0 Å². The van der Waals surface area contributed by atoms with E-state index in [0.717, 1.165) is 22.5 Å².